The molecule has 0 atom stereocenters. The van der Waals surface area contributed by atoms with Gasteiger partial charge in [0.25, 0.3) is 0 Å². The van der Waals surface area contributed by atoms with E-state index in [0.717, 1.165) is 5.69 Å². The summed E-state index contributed by atoms with van der Waals surface area (Å²) in [7, 11) is 0. The van der Waals surface area contributed by atoms with Gasteiger partial charge in [0.05, 0.1) is 0 Å². The minimum atomic E-state index is 0.0445. The van der Waals surface area contributed by atoms with Crippen molar-refractivity contribution >= 4 is 5.78 Å². The molecule has 4 nitrogen and oxygen atoms in total. The van der Waals surface area contributed by atoms with Crippen LogP contribution in [0, 0.1) is 0 Å². The lowest BCUT2D eigenvalue weighted by atomic mass is 10.1. The predicted octanol–water partition coefficient (Wildman–Crippen LogP) is 2.46. The quantitative estimate of drug-likeness (QED) is 0.738. The van der Waals surface area contributed by atoms with Crippen LogP contribution in [0.25, 0.3) is 0 Å². The van der Waals surface area contributed by atoms with E-state index in [0.29, 0.717) is 17.9 Å². The van der Waals surface area contributed by atoms with Crippen LogP contribution in [-0.4, -0.2) is 10.9 Å². The molecule has 0 N–H and O–H groups in total. The van der Waals surface area contributed by atoms with Gasteiger partial charge in [0.2, 0.25) is 0 Å². The third-order valence-corrected chi connectivity index (χ3v) is 2.14. The number of nitrogens with zero attached hydrogens (tertiary/aromatic N) is 1. The van der Waals surface area contributed by atoms with E-state index in [9.17, 15) is 4.79 Å². The zero-order valence-corrected chi connectivity index (χ0v) is 8.84. The Morgan fingerprint density at radius 1 is 1.31 bits per heavy atom. The average Bonchev–Trinajstić information content (AvgIpc) is 2.80. The average molecular weight is 217 g/mol. The summed E-state index contributed by atoms with van der Waals surface area (Å²) in [4.78, 5) is 11.0. The van der Waals surface area contributed by atoms with E-state index < -0.39 is 0 Å². The number of hydrogen-bond acceptors (Lipinski definition) is 4. The molecule has 1 aromatic heterocycles. The van der Waals surface area contributed by atoms with Crippen molar-refractivity contribution in [3.63, 3.8) is 0 Å². The van der Waals surface area contributed by atoms with Gasteiger partial charge in [-0.1, -0.05) is 5.16 Å². The Balaban J connectivity index is 1.98. The van der Waals surface area contributed by atoms with Crippen LogP contribution in [0.3, 0.4) is 0 Å². The van der Waals surface area contributed by atoms with Crippen molar-refractivity contribution < 1.29 is 14.1 Å². The molecule has 0 saturated carbocycles. The van der Waals surface area contributed by atoms with E-state index in [1.54, 1.807) is 30.3 Å². The Bertz CT molecular complexity index is 460. The molecule has 0 saturated heterocycles. The van der Waals surface area contributed by atoms with Crippen molar-refractivity contribution in [2.45, 2.75) is 13.5 Å². The first kappa shape index (κ1) is 10.4. The second kappa shape index (κ2) is 4.61. The number of carbonyl (C=O) groups excluding carboxylic acids is 1. The van der Waals surface area contributed by atoms with Crippen LogP contribution in [-0.2, 0) is 6.61 Å². The first-order chi connectivity index (χ1) is 7.75. The molecule has 0 radical (unpaired) electrons. The molecule has 16 heavy (non-hydrogen) atoms. The maximum Gasteiger partial charge on any atom is 0.159 e. The van der Waals surface area contributed by atoms with Crippen molar-refractivity contribution in [3.8, 4) is 5.75 Å². The molecule has 2 aromatic rings. The fourth-order valence-electron chi connectivity index (χ4n) is 1.26. The fourth-order valence-corrected chi connectivity index (χ4v) is 1.26. The van der Waals surface area contributed by atoms with E-state index in [1.807, 2.05) is 0 Å². The van der Waals surface area contributed by atoms with Gasteiger partial charge in [-0.3, -0.25) is 4.79 Å². The molecule has 1 aromatic carbocycles. The van der Waals surface area contributed by atoms with Gasteiger partial charge in [-0.05, 0) is 31.2 Å². The van der Waals surface area contributed by atoms with Gasteiger partial charge >= 0.3 is 0 Å². The van der Waals surface area contributed by atoms with Crippen molar-refractivity contribution in [1.82, 2.24) is 5.16 Å². The van der Waals surface area contributed by atoms with Gasteiger partial charge in [-0.25, -0.2) is 0 Å². The zero-order chi connectivity index (χ0) is 11.4. The number of Topliss-reactive ketones (excluding diaryl/α,β-unsaturated/α-hetero) is 1. The topological polar surface area (TPSA) is 52.3 Å². The zero-order valence-electron chi connectivity index (χ0n) is 8.84. The summed E-state index contributed by atoms with van der Waals surface area (Å²) in [5, 5.41) is 3.72. The monoisotopic (exact) mass is 217 g/mol. The number of ketones is 1. The highest BCUT2D eigenvalue weighted by molar-refractivity contribution is 5.94. The molecule has 0 amide bonds. The lowest BCUT2D eigenvalue weighted by molar-refractivity contribution is 0.101. The molecular formula is C12H11NO3. The molecule has 1 heterocycles. The standard InChI is InChI=1S/C12H11NO3/c1-9(14)10-2-4-12(5-3-10)15-8-11-6-7-16-13-11/h2-7H,8H2,1H3. The minimum Gasteiger partial charge on any atom is -0.487 e. The molecule has 82 valence electrons. The van der Waals surface area contributed by atoms with Crippen LogP contribution in [0.1, 0.15) is 23.0 Å². The number of ether oxygens (including phenoxy) is 1. The first-order valence-electron chi connectivity index (χ1n) is 4.89. The molecule has 0 aliphatic heterocycles. The summed E-state index contributed by atoms with van der Waals surface area (Å²) in [6.45, 7) is 1.89. The molecule has 0 fully saturated rings. The van der Waals surface area contributed by atoms with Gasteiger partial charge in [0.1, 0.15) is 24.3 Å². The number of rotatable bonds is 4. The van der Waals surface area contributed by atoms with Gasteiger partial charge in [-0.2, -0.15) is 0 Å². The molecule has 0 unspecified atom stereocenters. The van der Waals surface area contributed by atoms with Crippen LogP contribution in [0.4, 0.5) is 0 Å². The number of aromatic nitrogens is 1. The third kappa shape index (κ3) is 2.48. The maximum absolute atomic E-state index is 11.0. The Labute approximate surface area is 92.8 Å². The number of carbonyl (C=O) groups is 1. The predicted molar refractivity (Wildman–Crippen MR) is 57.3 cm³/mol. The smallest absolute Gasteiger partial charge is 0.159 e. The maximum atomic E-state index is 11.0. The number of benzene rings is 1. The highest BCUT2D eigenvalue weighted by Gasteiger charge is 2.01. The summed E-state index contributed by atoms with van der Waals surface area (Å²) in [5.41, 5.74) is 1.41. The van der Waals surface area contributed by atoms with Gasteiger partial charge < -0.3 is 9.26 Å². The van der Waals surface area contributed by atoms with Crippen LogP contribution >= 0.6 is 0 Å². The van der Waals surface area contributed by atoms with Crippen molar-refractivity contribution in [2.75, 3.05) is 0 Å². The lowest BCUT2D eigenvalue weighted by Gasteiger charge is -2.03. The Morgan fingerprint density at radius 2 is 2.06 bits per heavy atom. The van der Waals surface area contributed by atoms with E-state index in [2.05, 4.69) is 9.68 Å². The van der Waals surface area contributed by atoms with Crippen molar-refractivity contribution in [1.29, 1.82) is 0 Å². The molecule has 0 spiro atoms. The molecular weight excluding hydrogens is 206 g/mol. The second-order valence-electron chi connectivity index (χ2n) is 3.36. The summed E-state index contributed by atoms with van der Waals surface area (Å²) in [6, 6.07) is 8.73. The molecule has 4 heteroatoms. The Hall–Kier alpha value is -2.10. The third-order valence-electron chi connectivity index (χ3n) is 2.14. The van der Waals surface area contributed by atoms with Gasteiger partial charge in [0, 0.05) is 11.6 Å². The largest absolute Gasteiger partial charge is 0.487 e. The lowest BCUT2D eigenvalue weighted by Crippen LogP contribution is -1.96. The van der Waals surface area contributed by atoms with Crippen LogP contribution < -0.4 is 4.74 Å². The first-order valence-corrected chi connectivity index (χ1v) is 4.89. The summed E-state index contributed by atoms with van der Waals surface area (Å²) >= 11 is 0. The summed E-state index contributed by atoms with van der Waals surface area (Å²) in [5.74, 6) is 0.746. The molecule has 2 rings (SSSR count). The van der Waals surface area contributed by atoms with Gasteiger partial charge in [-0.15, -0.1) is 0 Å². The normalized spacial score (nSPS) is 10.1. The minimum absolute atomic E-state index is 0.0445. The highest BCUT2D eigenvalue weighted by atomic mass is 16.5. The van der Waals surface area contributed by atoms with E-state index in [4.69, 9.17) is 4.74 Å². The van der Waals surface area contributed by atoms with Crippen LogP contribution in [0.2, 0.25) is 0 Å². The van der Waals surface area contributed by atoms with Crippen LogP contribution in [0.5, 0.6) is 5.75 Å². The highest BCUT2D eigenvalue weighted by Crippen LogP contribution is 2.13. The Kier molecular flexibility index (Phi) is 3.00. The summed E-state index contributed by atoms with van der Waals surface area (Å²) < 4.78 is 10.1. The summed E-state index contributed by atoms with van der Waals surface area (Å²) in [6.07, 6.45) is 1.50. The van der Waals surface area contributed by atoms with E-state index >= 15 is 0 Å². The van der Waals surface area contributed by atoms with Crippen LogP contribution in [0.15, 0.2) is 41.1 Å². The molecule has 0 aliphatic carbocycles. The molecule has 0 bridgehead atoms. The van der Waals surface area contributed by atoms with E-state index in [-0.39, 0.29) is 5.78 Å². The SMILES string of the molecule is CC(=O)c1ccc(OCc2ccon2)cc1. The van der Waals surface area contributed by atoms with E-state index in [1.165, 1.54) is 13.2 Å². The van der Waals surface area contributed by atoms with Crippen molar-refractivity contribution in [3.05, 3.63) is 47.9 Å². The van der Waals surface area contributed by atoms with Gasteiger partial charge in [0.15, 0.2) is 5.78 Å². The molecule has 0 aliphatic rings. The fraction of sp³-hybridized carbons (Fsp3) is 0.167. The second-order valence-corrected chi connectivity index (χ2v) is 3.36. The number of hydrogen-bond donors (Lipinski definition) is 0. The Morgan fingerprint density at radius 3 is 2.62 bits per heavy atom. The van der Waals surface area contributed by atoms with Crippen molar-refractivity contribution in [2.24, 2.45) is 0 Å².